The van der Waals surface area contributed by atoms with E-state index in [2.05, 4.69) is 9.64 Å². The topological polar surface area (TPSA) is 72.0 Å². The molecular weight excluding hydrogens is 426 g/mol. The molecule has 7 nitrogen and oxygen atoms in total. The van der Waals surface area contributed by atoms with Gasteiger partial charge >= 0.3 is 5.97 Å². The van der Waals surface area contributed by atoms with Crippen LogP contribution in [0.4, 0.5) is 5.13 Å². The van der Waals surface area contributed by atoms with Crippen LogP contribution in [0.2, 0.25) is 5.02 Å². The average Bonchev–Trinajstić information content (AvgIpc) is 3.25. The Balaban J connectivity index is 1.45. The van der Waals surface area contributed by atoms with Gasteiger partial charge in [0, 0.05) is 31.7 Å². The van der Waals surface area contributed by atoms with Gasteiger partial charge in [0.1, 0.15) is 11.3 Å². The summed E-state index contributed by atoms with van der Waals surface area (Å²) in [5.41, 5.74) is 1.73. The van der Waals surface area contributed by atoms with E-state index in [1.807, 2.05) is 17.0 Å². The number of benzene rings is 2. The van der Waals surface area contributed by atoms with Crippen LogP contribution in [0.15, 0.2) is 36.4 Å². The molecule has 0 spiro atoms. The molecule has 2 aromatic carbocycles. The van der Waals surface area contributed by atoms with Gasteiger partial charge in [0.2, 0.25) is 0 Å². The van der Waals surface area contributed by atoms with Crippen molar-refractivity contribution in [3.63, 3.8) is 0 Å². The first kappa shape index (κ1) is 20.4. The minimum absolute atomic E-state index is 0.0555. The molecule has 0 N–H and O–H groups in total. The molecule has 1 aliphatic rings. The van der Waals surface area contributed by atoms with E-state index in [4.69, 9.17) is 21.3 Å². The van der Waals surface area contributed by atoms with Crippen LogP contribution in [0, 0.1) is 0 Å². The number of carbonyl (C=O) groups excluding carboxylic acids is 2. The molecule has 1 aliphatic heterocycles. The lowest BCUT2D eigenvalue weighted by molar-refractivity contribution is 0.0599. The van der Waals surface area contributed by atoms with Crippen LogP contribution >= 0.6 is 22.9 Å². The third-order valence-corrected chi connectivity index (χ3v) is 6.63. The zero-order valence-corrected chi connectivity index (χ0v) is 18.1. The van der Waals surface area contributed by atoms with E-state index in [0.717, 1.165) is 15.3 Å². The number of carbonyl (C=O) groups is 2. The summed E-state index contributed by atoms with van der Waals surface area (Å²) in [6, 6.07) is 10.1. The number of hydrogen-bond donors (Lipinski definition) is 0. The van der Waals surface area contributed by atoms with E-state index in [1.54, 1.807) is 31.4 Å². The number of piperazine rings is 1. The van der Waals surface area contributed by atoms with Crippen molar-refractivity contribution in [1.82, 2.24) is 9.88 Å². The van der Waals surface area contributed by atoms with E-state index in [-0.39, 0.29) is 5.91 Å². The van der Waals surface area contributed by atoms with Gasteiger partial charge < -0.3 is 19.3 Å². The van der Waals surface area contributed by atoms with Crippen molar-refractivity contribution in [2.45, 2.75) is 0 Å². The fourth-order valence-corrected chi connectivity index (χ4v) is 4.70. The van der Waals surface area contributed by atoms with Crippen molar-refractivity contribution in [3.8, 4) is 5.75 Å². The Morgan fingerprint density at radius 1 is 1.00 bits per heavy atom. The summed E-state index contributed by atoms with van der Waals surface area (Å²) in [7, 11) is 2.94. The van der Waals surface area contributed by atoms with E-state index in [9.17, 15) is 9.59 Å². The second-order valence-electron chi connectivity index (χ2n) is 6.77. The molecule has 30 heavy (non-hydrogen) atoms. The minimum Gasteiger partial charge on any atom is -0.494 e. The number of aromatic nitrogens is 1. The summed E-state index contributed by atoms with van der Waals surface area (Å²) in [5, 5.41) is 1.52. The van der Waals surface area contributed by atoms with E-state index >= 15 is 0 Å². The first-order valence-electron chi connectivity index (χ1n) is 9.37. The molecule has 1 aromatic heterocycles. The zero-order valence-electron chi connectivity index (χ0n) is 16.6. The van der Waals surface area contributed by atoms with Gasteiger partial charge in [-0.25, -0.2) is 9.78 Å². The van der Waals surface area contributed by atoms with Gasteiger partial charge in [0.05, 0.1) is 29.5 Å². The summed E-state index contributed by atoms with van der Waals surface area (Å²) in [5.74, 6) is 0.219. The summed E-state index contributed by atoms with van der Waals surface area (Å²) in [6.07, 6.45) is 0. The fourth-order valence-electron chi connectivity index (χ4n) is 3.39. The lowest BCUT2D eigenvalue weighted by atomic mass is 10.1. The highest BCUT2D eigenvalue weighted by Crippen LogP contribution is 2.38. The number of fused-ring (bicyclic) bond motifs is 1. The standard InChI is InChI=1S/C21H20ClN3O4S/c1-28-16-8-7-15(22)18-17(16)23-21(30-18)25-11-9-24(10-12-25)19(26)13-3-5-14(6-4-13)20(27)29-2/h3-8H,9-12H2,1-2H3. The lowest BCUT2D eigenvalue weighted by Gasteiger charge is -2.34. The highest BCUT2D eigenvalue weighted by Gasteiger charge is 2.25. The SMILES string of the molecule is COC(=O)c1ccc(C(=O)N2CCN(c3nc4c(OC)ccc(Cl)c4s3)CC2)cc1. The third kappa shape index (κ3) is 3.80. The van der Waals surface area contributed by atoms with Crippen molar-refractivity contribution >= 4 is 50.2 Å². The molecule has 156 valence electrons. The fraction of sp³-hybridized carbons (Fsp3) is 0.286. The molecule has 0 radical (unpaired) electrons. The maximum Gasteiger partial charge on any atom is 0.337 e. The average molecular weight is 446 g/mol. The Hall–Kier alpha value is -2.84. The van der Waals surface area contributed by atoms with Crippen molar-refractivity contribution in [2.75, 3.05) is 45.3 Å². The predicted molar refractivity (Wildman–Crippen MR) is 117 cm³/mol. The van der Waals surface area contributed by atoms with Crippen molar-refractivity contribution in [3.05, 3.63) is 52.5 Å². The summed E-state index contributed by atoms with van der Waals surface area (Å²) < 4.78 is 11.0. The van der Waals surface area contributed by atoms with Gasteiger partial charge in [-0.15, -0.1) is 0 Å². The monoisotopic (exact) mass is 445 g/mol. The lowest BCUT2D eigenvalue weighted by Crippen LogP contribution is -2.48. The normalized spacial score (nSPS) is 14.1. The highest BCUT2D eigenvalue weighted by atomic mass is 35.5. The van der Waals surface area contributed by atoms with Crippen LogP contribution in [0.25, 0.3) is 10.2 Å². The van der Waals surface area contributed by atoms with Crippen molar-refractivity contribution in [2.24, 2.45) is 0 Å². The number of thiazole rings is 1. The van der Waals surface area contributed by atoms with Gasteiger partial charge in [-0.05, 0) is 36.4 Å². The highest BCUT2D eigenvalue weighted by molar-refractivity contribution is 7.22. The molecule has 0 bridgehead atoms. The predicted octanol–water partition coefficient (Wildman–Crippen LogP) is 3.71. The molecule has 1 fully saturated rings. The minimum atomic E-state index is -0.421. The number of rotatable bonds is 4. The number of methoxy groups -OCH3 is 2. The molecule has 0 saturated carbocycles. The third-order valence-electron chi connectivity index (χ3n) is 5.06. The van der Waals surface area contributed by atoms with Crippen LogP contribution in [-0.2, 0) is 4.74 Å². The largest absolute Gasteiger partial charge is 0.494 e. The number of halogens is 1. The summed E-state index contributed by atoms with van der Waals surface area (Å²) in [6.45, 7) is 2.51. The second-order valence-corrected chi connectivity index (χ2v) is 8.16. The Labute approximate surface area is 182 Å². The molecular formula is C21H20ClN3O4S. The smallest absolute Gasteiger partial charge is 0.337 e. The number of esters is 1. The van der Waals surface area contributed by atoms with Crippen LogP contribution in [0.5, 0.6) is 5.75 Å². The second kappa shape index (κ2) is 8.49. The molecule has 3 aromatic rings. The molecule has 9 heteroatoms. The number of ether oxygens (including phenoxy) is 2. The van der Waals surface area contributed by atoms with Crippen LogP contribution in [0.3, 0.4) is 0 Å². The molecule has 0 unspecified atom stereocenters. The Kier molecular flexibility index (Phi) is 5.78. The quantitative estimate of drug-likeness (QED) is 0.570. The van der Waals surface area contributed by atoms with E-state index < -0.39 is 5.97 Å². The summed E-state index contributed by atoms with van der Waals surface area (Å²) in [4.78, 5) is 33.0. The first-order chi connectivity index (χ1) is 14.5. The van der Waals surface area contributed by atoms with Gasteiger partial charge in [0.15, 0.2) is 5.13 Å². The van der Waals surface area contributed by atoms with Crippen molar-refractivity contribution in [1.29, 1.82) is 0 Å². The van der Waals surface area contributed by atoms with Crippen LogP contribution in [-0.4, -0.2) is 62.2 Å². The first-order valence-corrected chi connectivity index (χ1v) is 10.6. The summed E-state index contributed by atoms with van der Waals surface area (Å²) >= 11 is 7.85. The van der Waals surface area contributed by atoms with Crippen LogP contribution in [0.1, 0.15) is 20.7 Å². The van der Waals surface area contributed by atoms with Crippen molar-refractivity contribution < 1.29 is 19.1 Å². The Morgan fingerprint density at radius 2 is 1.67 bits per heavy atom. The Bertz CT molecular complexity index is 1090. The maximum absolute atomic E-state index is 12.8. The number of hydrogen-bond acceptors (Lipinski definition) is 7. The molecule has 0 aliphatic carbocycles. The van der Waals surface area contributed by atoms with Gasteiger partial charge in [0.25, 0.3) is 5.91 Å². The number of nitrogens with zero attached hydrogens (tertiary/aromatic N) is 3. The molecule has 2 heterocycles. The maximum atomic E-state index is 12.8. The van der Waals surface area contributed by atoms with E-state index in [1.165, 1.54) is 18.4 Å². The Morgan fingerprint density at radius 3 is 2.30 bits per heavy atom. The molecule has 0 atom stereocenters. The molecule has 4 rings (SSSR count). The molecule has 1 saturated heterocycles. The number of anilines is 1. The zero-order chi connectivity index (χ0) is 21.3. The van der Waals surface area contributed by atoms with Gasteiger partial charge in [-0.1, -0.05) is 22.9 Å². The van der Waals surface area contributed by atoms with Gasteiger partial charge in [-0.3, -0.25) is 4.79 Å². The number of amides is 1. The van der Waals surface area contributed by atoms with Gasteiger partial charge in [-0.2, -0.15) is 0 Å². The molecule has 1 amide bonds. The van der Waals surface area contributed by atoms with Crippen LogP contribution < -0.4 is 9.64 Å². The van der Waals surface area contributed by atoms with E-state index in [0.29, 0.717) is 48.1 Å².